The Morgan fingerprint density at radius 2 is 0.611 bits per heavy atom. The summed E-state index contributed by atoms with van der Waals surface area (Å²) in [6, 6.07) is 0. The van der Waals surface area contributed by atoms with Crippen molar-refractivity contribution in [1.29, 1.82) is 0 Å². The molecular weight excluding hydrogens is 1370 g/mol. The number of carbonyl (C=O) groups is 2. The number of unbranched alkanes of at least 4 members (excludes halogenated alkanes) is 14. The normalized spacial score (nSPS) is 16.1. The molecule has 0 aromatic heterocycles. The van der Waals surface area contributed by atoms with Crippen molar-refractivity contribution in [3.8, 4) is 0 Å². The molecule has 0 aliphatic carbocycles. The minimum Gasteiger partial charge on any atom is -0.462 e. The zero-order chi connectivity index (χ0) is 71.5. The van der Waals surface area contributed by atoms with Crippen LogP contribution >= 0.6 is 7.82 Å². The molecule has 0 aromatic rings. The fourth-order valence-electron chi connectivity index (χ4n) is 7.32. The molecule has 2 unspecified atom stereocenters. The number of esters is 2. The third-order valence-electron chi connectivity index (χ3n) is 13.0. The minimum atomic E-state index is -8.74. The van der Waals surface area contributed by atoms with Crippen LogP contribution < -0.4 is 0 Å². The molecule has 538 valence electrons. The van der Waals surface area contributed by atoms with Crippen LogP contribution in [0.4, 0.5) is 149 Å². The predicted molar refractivity (Wildman–Crippen MR) is 239 cm³/mol. The van der Waals surface area contributed by atoms with Crippen molar-refractivity contribution in [2.45, 2.75) is 230 Å². The first-order chi connectivity index (χ1) is 39.8. The molecule has 0 heterocycles. The zero-order valence-corrected chi connectivity index (χ0v) is 47.5. The Balaban J connectivity index is 5.28. The number of carbonyl (C=O) groups excluding carboxylic acids is 2. The predicted octanol–water partition coefficient (Wildman–Crippen LogP) is 18.1. The molecule has 44 heteroatoms. The number of nitrogens with zero attached hydrogens (tertiary/aromatic N) is 1. The summed E-state index contributed by atoms with van der Waals surface area (Å²) in [6.45, 7) is -1.96. The van der Waals surface area contributed by atoms with E-state index in [0.29, 0.717) is 0 Å². The highest BCUT2D eigenvalue weighted by Gasteiger charge is 2.97. The standard InChI is InChI=1S/C46H58F34NO8P/c1-81(2,3)24-25-87-90(84,85)88-27-28(89-30(83)21-17-13-9-5-7-11-15-19-23-32(49,50)34(53,54)36(57,58)38(61,62)40(65,66)42(69,70)44(73,74)46(78,79)80)26-86-29(82)20-16-12-8-4-6-10-14-18-22-31(47,48)33(51,52)35(55,56)37(59,60)39(63,64)41(67,68)43(71,72)45(75,76)77/h28H,4-27H2,1-3H3/p+1. The molecule has 0 aromatic carbocycles. The third-order valence-corrected chi connectivity index (χ3v) is 14.0. The van der Waals surface area contributed by atoms with Crippen LogP contribution in [0.1, 0.15) is 128 Å². The number of likely N-dealkylation sites (N-methyl/N-ethyl adjacent to an activating group) is 1. The second-order valence-corrected chi connectivity index (χ2v) is 22.8. The van der Waals surface area contributed by atoms with Gasteiger partial charge in [0.2, 0.25) is 0 Å². The Bertz CT molecular complexity index is 2290. The molecule has 1 N–H and O–H groups in total. The van der Waals surface area contributed by atoms with Gasteiger partial charge in [-0.1, -0.05) is 77.0 Å². The second-order valence-electron chi connectivity index (χ2n) is 21.4. The number of ether oxygens (including phenoxy) is 2. The van der Waals surface area contributed by atoms with E-state index >= 15 is 0 Å². The van der Waals surface area contributed by atoms with Crippen molar-refractivity contribution in [1.82, 2.24) is 0 Å². The van der Waals surface area contributed by atoms with Crippen molar-refractivity contribution in [2.24, 2.45) is 0 Å². The highest BCUT2D eigenvalue weighted by molar-refractivity contribution is 7.47. The van der Waals surface area contributed by atoms with Gasteiger partial charge in [-0.25, -0.2) is 4.57 Å². The van der Waals surface area contributed by atoms with Gasteiger partial charge in [0.1, 0.15) is 19.8 Å². The van der Waals surface area contributed by atoms with E-state index in [9.17, 15) is 168 Å². The molecule has 0 rings (SSSR count). The van der Waals surface area contributed by atoms with Gasteiger partial charge in [0.05, 0.1) is 27.7 Å². The van der Waals surface area contributed by atoms with Gasteiger partial charge in [-0.05, 0) is 25.7 Å². The third kappa shape index (κ3) is 19.6. The lowest BCUT2D eigenvalue weighted by Crippen LogP contribution is -2.74. The number of halogens is 34. The summed E-state index contributed by atoms with van der Waals surface area (Å²) >= 11 is 0. The van der Waals surface area contributed by atoms with Crippen molar-refractivity contribution in [3.05, 3.63) is 0 Å². The van der Waals surface area contributed by atoms with E-state index in [1.165, 1.54) is 0 Å². The van der Waals surface area contributed by atoms with Gasteiger partial charge in [-0.2, -0.15) is 149 Å². The van der Waals surface area contributed by atoms with E-state index in [-0.39, 0.29) is 101 Å². The van der Waals surface area contributed by atoms with E-state index < -0.39 is 179 Å². The van der Waals surface area contributed by atoms with Crippen LogP contribution in [0.5, 0.6) is 0 Å². The van der Waals surface area contributed by atoms with Gasteiger partial charge in [0, 0.05) is 25.7 Å². The summed E-state index contributed by atoms with van der Waals surface area (Å²) in [5.74, 6) is -116. The van der Waals surface area contributed by atoms with Crippen LogP contribution in [0.2, 0.25) is 0 Å². The fourth-order valence-corrected chi connectivity index (χ4v) is 8.07. The average Bonchev–Trinajstić information content (AvgIpc) is 0.707. The van der Waals surface area contributed by atoms with Crippen molar-refractivity contribution in [2.75, 3.05) is 47.5 Å². The molecular formula is C46H59F34NO8P+. The first-order valence-electron chi connectivity index (χ1n) is 26.0. The lowest BCUT2D eigenvalue weighted by Gasteiger charge is -2.42. The smallest absolute Gasteiger partial charge is 0.462 e. The van der Waals surface area contributed by atoms with Gasteiger partial charge in [-0.3, -0.25) is 18.6 Å². The second kappa shape index (κ2) is 30.6. The Labute approximate surface area is 488 Å². The molecule has 0 radical (unpaired) electrons. The van der Waals surface area contributed by atoms with Crippen LogP contribution in [0.3, 0.4) is 0 Å². The molecule has 9 nitrogen and oxygen atoms in total. The molecule has 0 fully saturated rings. The number of hydrogen-bond acceptors (Lipinski definition) is 7. The maximum absolute atomic E-state index is 14.2. The molecule has 0 spiro atoms. The summed E-state index contributed by atoms with van der Waals surface area (Å²) in [4.78, 5) is 35.1. The highest BCUT2D eigenvalue weighted by atomic mass is 31.2. The number of quaternary nitrogens is 1. The van der Waals surface area contributed by atoms with Crippen LogP contribution in [0.15, 0.2) is 0 Å². The van der Waals surface area contributed by atoms with E-state index in [1.54, 1.807) is 21.1 Å². The molecule has 90 heavy (non-hydrogen) atoms. The van der Waals surface area contributed by atoms with E-state index in [0.717, 1.165) is 0 Å². The van der Waals surface area contributed by atoms with Gasteiger partial charge >= 0.3 is 115 Å². The summed E-state index contributed by atoms with van der Waals surface area (Å²) in [6.07, 6.45) is -26.8. The fraction of sp³-hybridized carbons (Fsp3) is 0.957. The Morgan fingerprint density at radius 1 is 0.356 bits per heavy atom. The van der Waals surface area contributed by atoms with Crippen LogP contribution in [-0.2, 0) is 32.7 Å². The molecule has 0 saturated carbocycles. The van der Waals surface area contributed by atoms with Crippen LogP contribution in [0.25, 0.3) is 0 Å². The Hall–Kier alpha value is -3.37. The largest absolute Gasteiger partial charge is 0.472 e. The Morgan fingerprint density at radius 3 is 0.900 bits per heavy atom. The van der Waals surface area contributed by atoms with Gasteiger partial charge in [0.25, 0.3) is 0 Å². The molecule has 0 bridgehead atoms. The summed E-state index contributed by atoms with van der Waals surface area (Å²) in [7, 11) is 0.166. The number of alkyl halides is 34. The number of rotatable bonds is 44. The van der Waals surface area contributed by atoms with Crippen molar-refractivity contribution >= 4 is 19.8 Å². The lowest BCUT2D eigenvalue weighted by molar-refractivity contribution is -0.870. The highest BCUT2D eigenvalue weighted by Crippen LogP contribution is 2.66. The molecule has 0 aliphatic rings. The quantitative estimate of drug-likeness (QED) is 0.0211. The van der Waals surface area contributed by atoms with E-state index in [2.05, 4.69) is 0 Å². The first-order valence-corrected chi connectivity index (χ1v) is 27.5. The molecule has 0 saturated heterocycles. The SMILES string of the molecule is C[N+](C)(C)CCOP(=O)(O)OCC(COC(=O)CCCCCCCCCCC(F)(F)C(F)(F)C(F)(F)C(F)(F)C(F)(F)C(F)(F)C(F)(F)C(F)(F)F)OC(=O)CCCCCCCCCCC(F)(F)C(F)(F)C(F)(F)C(F)(F)C(F)(F)C(F)(F)C(F)(F)C(F)(F)F. The molecule has 0 aliphatic heterocycles. The summed E-state index contributed by atoms with van der Waals surface area (Å²) < 4.78 is 491. The average molecular weight is 1430 g/mol. The topological polar surface area (TPSA) is 108 Å². The summed E-state index contributed by atoms with van der Waals surface area (Å²) in [5, 5.41) is 0. The maximum Gasteiger partial charge on any atom is 0.472 e. The minimum absolute atomic E-state index is 0.00469. The van der Waals surface area contributed by atoms with Gasteiger partial charge in [0.15, 0.2) is 6.10 Å². The number of hydrogen-bond donors (Lipinski definition) is 1. The first kappa shape index (κ1) is 86.6. The number of phosphoric ester groups is 1. The van der Waals surface area contributed by atoms with Gasteiger partial charge in [-0.15, -0.1) is 0 Å². The zero-order valence-electron chi connectivity index (χ0n) is 46.6. The molecule has 2 atom stereocenters. The van der Waals surface area contributed by atoms with Crippen LogP contribution in [-0.4, -0.2) is 170 Å². The van der Waals surface area contributed by atoms with Crippen molar-refractivity contribution < 1.29 is 191 Å². The number of phosphoric acid groups is 1. The van der Waals surface area contributed by atoms with E-state index in [4.69, 9.17) is 18.5 Å². The van der Waals surface area contributed by atoms with Gasteiger partial charge < -0.3 is 18.9 Å². The summed E-state index contributed by atoms with van der Waals surface area (Å²) in [5.41, 5.74) is 0. The van der Waals surface area contributed by atoms with Crippen molar-refractivity contribution in [3.63, 3.8) is 0 Å². The lowest BCUT2D eigenvalue weighted by atomic mass is 9.87. The van der Waals surface area contributed by atoms with E-state index in [1.807, 2.05) is 0 Å². The molecule has 0 amide bonds. The monoisotopic (exact) mass is 1430 g/mol. The maximum atomic E-state index is 14.2. The Kier molecular flexibility index (Phi) is 29.4. The van der Waals surface area contributed by atoms with Crippen LogP contribution in [0, 0.1) is 0 Å².